The summed E-state index contributed by atoms with van der Waals surface area (Å²) in [5.41, 5.74) is 1.99. The van der Waals surface area contributed by atoms with Gasteiger partial charge in [0.2, 0.25) is 5.91 Å². The van der Waals surface area contributed by atoms with Crippen LogP contribution in [0, 0.1) is 11.3 Å². The molecule has 0 spiro atoms. The Morgan fingerprint density at radius 2 is 2.03 bits per heavy atom. The second kappa shape index (κ2) is 9.76. The highest BCUT2D eigenvalue weighted by Crippen LogP contribution is 2.32. The standard InChI is InChI=1S/C22H21N5O2S/c1-4-13-27-20(18-7-5-6-8-19(18)29-3)25-26-22(27)30-15(2)21(28)24-17-11-9-16(14-23)10-12-17/h4-12,15H,1,13H2,2-3H3,(H,24,28)/t15-/m0/s1. The van der Waals surface area contributed by atoms with E-state index in [2.05, 4.69) is 28.2 Å². The minimum atomic E-state index is -0.418. The molecular weight excluding hydrogens is 398 g/mol. The second-order valence-corrected chi connectivity index (χ2v) is 7.65. The predicted octanol–water partition coefficient (Wildman–Crippen LogP) is 4.13. The number of ether oxygens (including phenoxy) is 1. The number of carbonyl (C=O) groups excluding carboxylic acids is 1. The average Bonchev–Trinajstić information content (AvgIpc) is 3.16. The highest BCUT2D eigenvalue weighted by molar-refractivity contribution is 8.00. The Labute approximate surface area is 179 Å². The third-order valence-corrected chi connectivity index (χ3v) is 5.39. The topological polar surface area (TPSA) is 92.8 Å². The van der Waals surface area contributed by atoms with E-state index in [9.17, 15) is 4.79 Å². The number of para-hydroxylation sites is 1. The zero-order valence-corrected chi connectivity index (χ0v) is 17.5. The highest BCUT2D eigenvalue weighted by Gasteiger charge is 2.21. The van der Waals surface area contributed by atoms with Gasteiger partial charge >= 0.3 is 0 Å². The normalized spacial score (nSPS) is 11.4. The molecule has 0 aliphatic carbocycles. The number of nitrogens with zero attached hydrogens (tertiary/aromatic N) is 4. The third-order valence-electron chi connectivity index (χ3n) is 4.31. The summed E-state index contributed by atoms with van der Waals surface area (Å²) in [5, 5.41) is 20.6. The second-order valence-electron chi connectivity index (χ2n) is 6.34. The van der Waals surface area contributed by atoms with E-state index in [1.807, 2.05) is 28.8 Å². The van der Waals surface area contributed by atoms with Crippen LogP contribution in [0.5, 0.6) is 5.75 Å². The van der Waals surface area contributed by atoms with Crippen LogP contribution in [0.1, 0.15) is 12.5 Å². The number of nitrogens with one attached hydrogen (secondary N) is 1. The van der Waals surface area contributed by atoms with Crippen LogP contribution < -0.4 is 10.1 Å². The number of carbonyl (C=O) groups is 1. The van der Waals surface area contributed by atoms with Gasteiger partial charge < -0.3 is 10.1 Å². The minimum Gasteiger partial charge on any atom is -0.496 e. The van der Waals surface area contributed by atoms with Crippen LogP contribution in [0.3, 0.4) is 0 Å². The predicted molar refractivity (Wildman–Crippen MR) is 117 cm³/mol. The van der Waals surface area contributed by atoms with Crippen molar-refractivity contribution in [2.75, 3.05) is 12.4 Å². The zero-order chi connectivity index (χ0) is 21.5. The maximum Gasteiger partial charge on any atom is 0.237 e. The number of hydrogen-bond acceptors (Lipinski definition) is 6. The van der Waals surface area contributed by atoms with Crippen LogP contribution in [-0.4, -0.2) is 33.0 Å². The molecule has 0 fully saturated rings. The fourth-order valence-corrected chi connectivity index (χ4v) is 3.64. The Morgan fingerprint density at radius 3 is 2.70 bits per heavy atom. The molecule has 1 heterocycles. The van der Waals surface area contributed by atoms with Gasteiger partial charge in [-0.2, -0.15) is 5.26 Å². The van der Waals surface area contributed by atoms with Crippen molar-refractivity contribution < 1.29 is 9.53 Å². The van der Waals surface area contributed by atoms with E-state index in [-0.39, 0.29) is 5.91 Å². The van der Waals surface area contributed by atoms with Gasteiger partial charge in [0.05, 0.1) is 29.6 Å². The molecule has 0 unspecified atom stereocenters. The zero-order valence-electron chi connectivity index (χ0n) is 16.7. The van der Waals surface area contributed by atoms with Gasteiger partial charge in [-0.05, 0) is 43.3 Å². The number of aromatic nitrogens is 3. The van der Waals surface area contributed by atoms with Crippen molar-refractivity contribution in [2.24, 2.45) is 0 Å². The molecule has 0 saturated heterocycles. The lowest BCUT2D eigenvalue weighted by Crippen LogP contribution is -2.23. The number of hydrogen-bond donors (Lipinski definition) is 1. The van der Waals surface area contributed by atoms with Gasteiger partial charge in [0, 0.05) is 12.2 Å². The van der Waals surface area contributed by atoms with E-state index in [0.29, 0.717) is 34.5 Å². The van der Waals surface area contributed by atoms with Crippen LogP contribution in [0.25, 0.3) is 11.4 Å². The Hall–Kier alpha value is -3.57. The summed E-state index contributed by atoms with van der Waals surface area (Å²) in [5.74, 6) is 1.17. The number of benzene rings is 2. The van der Waals surface area contributed by atoms with Crippen LogP contribution >= 0.6 is 11.8 Å². The molecule has 2 aromatic carbocycles. The monoisotopic (exact) mass is 419 g/mol. The minimum absolute atomic E-state index is 0.170. The maximum absolute atomic E-state index is 12.6. The van der Waals surface area contributed by atoms with Crippen molar-refractivity contribution in [1.82, 2.24) is 14.8 Å². The maximum atomic E-state index is 12.6. The molecule has 30 heavy (non-hydrogen) atoms. The summed E-state index contributed by atoms with van der Waals surface area (Å²) in [6.45, 7) is 6.12. The van der Waals surface area contributed by atoms with Crippen molar-refractivity contribution in [3.8, 4) is 23.2 Å². The summed E-state index contributed by atoms with van der Waals surface area (Å²) in [6, 6.07) is 16.4. The summed E-state index contributed by atoms with van der Waals surface area (Å²) in [6.07, 6.45) is 1.76. The Balaban J connectivity index is 1.80. The van der Waals surface area contributed by atoms with E-state index in [4.69, 9.17) is 10.00 Å². The lowest BCUT2D eigenvalue weighted by atomic mass is 10.2. The lowest BCUT2D eigenvalue weighted by Gasteiger charge is -2.13. The van der Waals surface area contributed by atoms with Crippen molar-refractivity contribution in [1.29, 1.82) is 5.26 Å². The quantitative estimate of drug-likeness (QED) is 0.436. The number of methoxy groups -OCH3 is 1. The number of rotatable bonds is 8. The summed E-state index contributed by atoms with van der Waals surface area (Å²) < 4.78 is 7.35. The SMILES string of the molecule is C=CCn1c(S[C@@H](C)C(=O)Nc2ccc(C#N)cc2)nnc1-c1ccccc1OC. The molecule has 3 aromatic rings. The van der Waals surface area contributed by atoms with Crippen molar-refractivity contribution >= 4 is 23.4 Å². The van der Waals surface area contributed by atoms with Crippen LogP contribution in [0.2, 0.25) is 0 Å². The van der Waals surface area contributed by atoms with E-state index < -0.39 is 5.25 Å². The van der Waals surface area contributed by atoms with E-state index >= 15 is 0 Å². The molecule has 1 atom stereocenters. The molecule has 0 aliphatic heterocycles. The summed E-state index contributed by atoms with van der Waals surface area (Å²) in [4.78, 5) is 12.6. The fourth-order valence-electron chi connectivity index (χ4n) is 2.78. The molecule has 0 radical (unpaired) electrons. The van der Waals surface area contributed by atoms with E-state index in [1.165, 1.54) is 11.8 Å². The van der Waals surface area contributed by atoms with Crippen LogP contribution in [0.4, 0.5) is 5.69 Å². The third kappa shape index (κ3) is 4.70. The number of allylic oxidation sites excluding steroid dienone is 1. The van der Waals surface area contributed by atoms with Crippen molar-refractivity contribution in [2.45, 2.75) is 23.9 Å². The van der Waals surface area contributed by atoms with Gasteiger partial charge in [-0.3, -0.25) is 9.36 Å². The van der Waals surface area contributed by atoms with Gasteiger partial charge in [0.25, 0.3) is 0 Å². The van der Waals surface area contributed by atoms with Crippen molar-refractivity contribution in [3.05, 3.63) is 66.7 Å². The Kier molecular flexibility index (Phi) is 6.88. The molecule has 7 nitrogen and oxygen atoms in total. The van der Waals surface area contributed by atoms with Gasteiger partial charge in [0.1, 0.15) is 5.75 Å². The van der Waals surface area contributed by atoms with E-state index in [0.717, 1.165) is 5.56 Å². The molecular formula is C22H21N5O2S. The largest absolute Gasteiger partial charge is 0.496 e. The fraction of sp³-hybridized carbons (Fsp3) is 0.182. The van der Waals surface area contributed by atoms with Gasteiger partial charge in [-0.15, -0.1) is 16.8 Å². The molecule has 0 bridgehead atoms. The number of anilines is 1. The molecule has 1 N–H and O–H groups in total. The molecule has 152 valence electrons. The Bertz CT molecular complexity index is 1090. The molecule has 8 heteroatoms. The smallest absolute Gasteiger partial charge is 0.237 e. The van der Waals surface area contributed by atoms with Crippen molar-refractivity contribution in [3.63, 3.8) is 0 Å². The van der Waals surface area contributed by atoms with Gasteiger partial charge in [0.15, 0.2) is 11.0 Å². The first kappa shape index (κ1) is 21.1. The summed E-state index contributed by atoms with van der Waals surface area (Å²) >= 11 is 1.31. The molecule has 3 rings (SSSR count). The molecule has 0 aliphatic rings. The average molecular weight is 420 g/mol. The first-order valence-electron chi connectivity index (χ1n) is 9.22. The van der Waals surface area contributed by atoms with E-state index in [1.54, 1.807) is 44.4 Å². The highest BCUT2D eigenvalue weighted by atomic mass is 32.2. The number of thioether (sulfide) groups is 1. The molecule has 0 saturated carbocycles. The first-order valence-corrected chi connectivity index (χ1v) is 10.1. The molecule has 1 amide bonds. The first-order chi connectivity index (χ1) is 14.6. The lowest BCUT2D eigenvalue weighted by molar-refractivity contribution is -0.115. The van der Waals surface area contributed by atoms with Gasteiger partial charge in [-0.1, -0.05) is 30.0 Å². The van der Waals surface area contributed by atoms with Gasteiger partial charge in [-0.25, -0.2) is 0 Å². The number of nitriles is 1. The van der Waals surface area contributed by atoms with Crippen LogP contribution in [0.15, 0.2) is 66.3 Å². The van der Waals surface area contributed by atoms with Crippen LogP contribution in [-0.2, 0) is 11.3 Å². The molecule has 1 aromatic heterocycles. The number of amides is 1. The summed E-state index contributed by atoms with van der Waals surface area (Å²) in [7, 11) is 1.61. The Morgan fingerprint density at radius 1 is 1.30 bits per heavy atom.